The van der Waals surface area contributed by atoms with Gasteiger partial charge in [0.1, 0.15) is 12.3 Å². The van der Waals surface area contributed by atoms with E-state index in [-0.39, 0.29) is 19.4 Å². The number of carboxylic acids is 1. The van der Waals surface area contributed by atoms with Gasteiger partial charge in [0.25, 0.3) is 0 Å². The lowest BCUT2D eigenvalue weighted by Gasteiger charge is -2.33. The summed E-state index contributed by atoms with van der Waals surface area (Å²) in [6, 6.07) is 23.8. The molecule has 1 amide bonds. The monoisotopic (exact) mass is 524 g/mol. The van der Waals surface area contributed by atoms with Gasteiger partial charge in [0.2, 0.25) is 5.91 Å². The van der Waals surface area contributed by atoms with Crippen molar-refractivity contribution < 1.29 is 29.0 Å². The van der Waals surface area contributed by atoms with E-state index in [1.807, 2.05) is 66.7 Å². The van der Waals surface area contributed by atoms with Gasteiger partial charge in [0, 0.05) is 18.7 Å². The Balaban J connectivity index is 1.93. The van der Waals surface area contributed by atoms with Crippen LogP contribution in [0.1, 0.15) is 30.9 Å². The first kappa shape index (κ1) is 28.1. The molecule has 0 saturated heterocycles. The Morgan fingerprint density at radius 2 is 1.49 bits per heavy atom. The first-order chi connectivity index (χ1) is 17.7. The van der Waals surface area contributed by atoms with Gasteiger partial charge in [-0.15, -0.1) is 0 Å². The zero-order valence-corrected chi connectivity index (χ0v) is 21.7. The Hall–Kier alpha value is -3.45. The maximum absolute atomic E-state index is 13.3. The van der Waals surface area contributed by atoms with Gasteiger partial charge in [-0.05, 0) is 40.8 Å². The zero-order chi connectivity index (χ0) is 26.8. The Labute approximate surface area is 217 Å². The van der Waals surface area contributed by atoms with Crippen molar-refractivity contribution in [3.63, 3.8) is 0 Å². The fourth-order valence-corrected chi connectivity index (χ4v) is 4.90. The summed E-state index contributed by atoms with van der Waals surface area (Å²) in [6.07, 6.45) is 1.09. The predicted octanol–water partition coefficient (Wildman–Crippen LogP) is 4.45. The highest BCUT2D eigenvalue weighted by atomic mass is 31.2. The van der Waals surface area contributed by atoms with Crippen molar-refractivity contribution in [1.82, 2.24) is 5.32 Å². The van der Waals surface area contributed by atoms with Gasteiger partial charge in [-0.1, -0.05) is 80.1 Å². The van der Waals surface area contributed by atoms with Crippen LogP contribution in [-0.2, 0) is 27.0 Å². The van der Waals surface area contributed by atoms with Crippen LogP contribution in [0.4, 0.5) is 5.69 Å². The highest BCUT2D eigenvalue weighted by Crippen LogP contribution is 2.38. The van der Waals surface area contributed by atoms with Crippen LogP contribution in [0.2, 0.25) is 0 Å². The van der Waals surface area contributed by atoms with Gasteiger partial charge in [-0.3, -0.25) is 14.2 Å². The van der Waals surface area contributed by atoms with E-state index in [1.54, 1.807) is 12.1 Å². The first-order valence-corrected chi connectivity index (χ1v) is 14.0. The van der Waals surface area contributed by atoms with Crippen molar-refractivity contribution in [3.8, 4) is 11.1 Å². The Morgan fingerprint density at radius 3 is 2.05 bits per heavy atom. The molecule has 0 saturated carbocycles. The summed E-state index contributed by atoms with van der Waals surface area (Å²) in [4.78, 5) is 45.4. The molecule has 0 fully saturated rings. The molecule has 0 radical (unpaired) electrons. The van der Waals surface area contributed by atoms with Crippen LogP contribution in [0.25, 0.3) is 11.1 Å². The zero-order valence-electron chi connectivity index (χ0n) is 20.8. The number of hydrogen-bond acceptors (Lipinski definition) is 4. The molecule has 3 aromatic rings. The van der Waals surface area contributed by atoms with Crippen LogP contribution >= 0.6 is 7.60 Å². The average molecular weight is 525 g/mol. The van der Waals surface area contributed by atoms with Crippen molar-refractivity contribution in [1.29, 1.82) is 0 Å². The van der Waals surface area contributed by atoms with Gasteiger partial charge < -0.3 is 25.1 Å². The number of rotatable bonds is 13. The quantitative estimate of drug-likeness (QED) is 0.243. The minimum atomic E-state index is -4.55. The largest absolute Gasteiger partial charge is 0.481 e. The first-order valence-electron chi connectivity index (χ1n) is 12.2. The van der Waals surface area contributed by atoms with Gasteiger partial charge in [0.05, 0.1) is 6.42 Å². The highest BCUT2D eigenvalue weighted by molar-refractivity contribution is 7.51. The van der Waals surface area contributed by atoms with E-state index in [2.05, 4.69) is 12.2 Å². The van der Waals surface area contributed by atoms with E-state index >= 15 is 0 Å². The molecule has 9 heteroatoms. The number of aliphatic carboxylic acids is 1. The number of carboxylic acid groups (broad SMARTS) is 1. The summed E-state index contributed by atoms with van der Waals surface area (Å²) in [7, 11) is -4.55. The van der Waals surface area contributed by atoms with E-state index in [0.29, 0.717) is 5.69 Å². The topological polar surface area (TPSA) is 127 Å². The lowest BCUT2D eigenvalue weighted by atomic mass is 9.99. The standard InChI is InChI=1S/C28H33N2O6P/c1-2-6-21-11-15-25(16-12-21)30(20-37(34,35)36)26(28(33)29-18-17-27(31)32)19-22-9-13-24(14-10-22)23-7-4-3-5-8-23/h3-5,7-16,26H,2,6,17-20H2,1H3,(H,29,33)(H,31,32)(H2,34,35,36)/t26-/m0/s1. The SMILES string of the molecule is CCCc1ccc(N(CP(=O)(O)O)[C@@H](Cc2ccc(-c3ccccc3)cc2)C(=O)NCCC(=O)O)cc1. The van der Waals surface area contributed by atoms with E-state index in [1.165, 1.54) is 4.90 Å². The summed E-state index contributed by atoms with van der Waals surface area (Å²) >= 11 is 0. The molecule has 3 aromatic carbocycles. The fraction of sp³-hybridized carbons (Fsp3) is 0.286. The number of benzene rings is 3. The number of carbonyl (C=O) groups is 2. The summed E-state index contributed by atoms with van der Waals surface area (Å²) in [5, 5.41) is 11.6. The molecule has 8 nitrogen and oxygen atoms in total. The summed E-state index contributed by atoms with van der Waals surface area (Å²) in [6.45, 7) is 1.98. The number of nitrogens with zero attached hydrogens (tertiary/aromatic N) is 1. The fourth-order valence-electron chi connectivity index (χ4n) is 4.14. The predicted molar refractivity (Wildman–Crippen MR) is 144 cm³/mol. The Bertz CT molecular complexity index is 1210. The second-order valence-corrected chi connectivity index (χ2v) is 10.5. The molecule has 0 spiro atoms. The summed E-state index contributed by atoms with van der Waals surface area (Å²) < 4.78 is 12.1. The molecule has 1 atom stereocenters. The van der Waals surface area contributed by atoms with Gasteiger partial charge in [0.15, 0.2) is 0 Å². The van der Waals surface area contributed by atoms with Crippen molar-refractivity contribution in [2.75, 3.05) is 17.7 Å². The molecule has 0 aliphatic rings. The second-order valence-electron chi connectivity index (χ2n) is 8.91. The molecule has 0 heterocycles. The minimum absolute atomic E-state index is 0.0865. The van der Waals surface area contributed by atoms with E-state index < -0.39 is 31.8 Å². The van der Waals surface area contributed by atoms with Crippen LogP contribution in [0.15, 0.2) is 78.9 Å². The van der Waals surface area contributed by atoms with Crippen LogP contribution in [0, 0.1) is 0 Å². The molecular formula is C28H33N2O6P. The number of anilines is 1. The van der Waals surface area contributed by atoms with Crippen molar-refractivity contribution in [2.24, 2.45) is 0 Å². The van der Waals surface area contributed by atoms with Crippen LogP contribution < -0.4 is 10.2 Å². The van der Waals surface area contributed by atoms with Crippen LogP contribution in [0.5, 0.6) is 0 Å². The molecule has 37 heavy (non-hydrogen) atoms. The van der Waals surface area contributed by atoms with Crippen molar-refractivity contribution in [2.45, 2.75) is 38.6 Å². The van der Waals surface area contributed by atoms with Gasteiger partial charge in [-0.25, -0.2) is 0 Å². The van der Waals surface area contributed by atoms with E-state index in [9.17, 15) is 23.9 Å². The smallest absolute Gasteiger partial charge is 0.344 e. The molecular weight excluding hydrogens is 491 g/mol. The molecule has 0 aliphatic carbocycles. The summed E-state index contributed by atoms with van der Waals surface area (Å²) in [5.41, 5.74) is 4.44. The number of carbonyl (C=O) groups excluding carboxylic acids is 1. The van der Waals surface area contributed by atoms with Gasteiger partial charge >= 0.3 is 13.6 Å². The molecule has 0 aliphatic heterocycles. The molecule has 3 rings (SSSR count). The van der Waals surface area contributed by atoms with Crippen LogP contribution in [-0.4, -0.2) is 45.6 Å². The average Bonchev–Trinajstić information content (AvgIpc) is 2.87. The van der Waals surface area contributed by atoms with Crippen molar-refractivity contribution >= 4 is 25.2 Å². The Morgan fingerprint density at radius 1 is 0.892 bits per heavy atom. The highest BCUT2D eigenvalue weighted by Gasteiger charge is 2.31. The lowest BCUT2D eigenvalue weighted by molar-refractivity contribution is -0.136. The molecule has 0 unspecified atom stereocenters. The van der Waals surface area contributed by atoms with E-state index in [0.717, 1.165) is 35.1 Å². The van der Waals surface area contributed by atoms with Crippen LogP contribution in [0.3, 0.4) is 0 Å². The lowest BCUT2D eigenvalue weighted by Crippen LogP contribution is -2.49. The third-order valence-corrected chi connectivity index (χ3v) is 6.62. The molecule has 0 aromatic heterocycles. The third-order valence-electron chi connectivity index (χ3n) is 5.95. The Kier molecular flexibility index (Phi) is 10.0. The minimum Gasteiger partial charge on any atom is -0.481 e. The number of aryl methyl sites for hydroxylation is 1. The number of amides is 1. The van der Waals surface area contributed by atoms with Crippen molar-refractivity contribution in [3.05, 3.63) is 90.0 Å². The molecule has 0 bridgehead atoms. The van der Waals surface area contributed by atoms with E-state index in [4.69, 9.17) is 5.11 Å². The second kappa shape index (κ2) is 13.2. The third kappa shape index (κ3) is 8.86. The maximum atomic E-state index is 13.3. The maximum Gasteiger partial charge on any atom is 0.344 e. The molecule has 4 N–H and O–H groups in total. The normalized spacial score (nSPS) is 12.1. The van der Waals surface area contributed by atoms with Gasteiger partial charge in [-0.2, -0.15) is 0 Å². The molecule has 196 valence electrons. The number of nitrogens with one attached hydrogen (secondary N) is 1. The number of hydrogen-bond donors (Lipinski definition) is 4. The summed E-state index contributed by atoms with van der Waals surface area (Å²) in [5.74, 6) is -1.55.